The number of benzene rings is 5. The summed E-state index contributed by atoms with van der Waals surface area (Å²) < 4.78 is 90.7. The van der Waals surface area contributed by atoms with Crippen molar-refractivity contribution < 1.29 is 110 Å². The molecule has 0 radical (unpaired) electrons. The van der Waals surface area contributed by atoms with Gasteiger partial charge in [0, 0.05) is 88.5 Å². The number of carbonyl (C=O) groups is 7. The largest absolute Gasteiger partial charge is 1.00 e. The van der Waals surface area contributed by atoms with Crippen molar-refractivity contribution in [3.8, 4) is 22.3 Å². The van der Waals surface area contributed by atoms with Crippen molar-refractivity contribution in [3.05, 3.63) is 209 Å². The third kappa shape index (κ3) is 18.9. The van der Waals surface area contributed by atoms with Gasteiger partial charge in [0.05, 0.1) is 70.9 Å². The average Bonchev–Trinajstić information content (AvgIpc) is 1.76. The summed E-state index contributed by atoms with van der Waals surface area (Å²) in [7, 11) is 9.90. The number of hydrogen-bond donors (Lipinski definition) is 6. The third-order valence-corrected chi connectivity index (χ3v) is 20.8. The first kappa shape index (κ1) is 91.2. The van der Waals surface area contributed by atoms with Gasteiger partial charge in [0.1, 0.15) is 52.5 Å². The Bertz CT molecular complexity index is 5150. The van der Waals surface area contributed by atoms with Crippen molar-refractivity contribution in [3.63, 3.8) is 0 Å². The van der Waals surface area contributed by atoms with Gasteiger partial charge in [-0.3, -0.25) is 47.6 Å². The molecule has 0 spiro atoms. The van der Waals surface area contributed by atoms with E-state index in [4.69, 9.17) is 29.4 Å². The van der Waals surface area contributed by atoms with E-state index in [0.717, 1.165) is 74.8 Å². The summed E-state index contributed by atoms with van der Waals surface area (Å²) in [6.45, 7) is 15.9. The number of carboxylic acid groups (broad SMARTS) is 1. The Morgan fingerprint density at radius 3 is 1.27 bits per heavy atom. The number of anilines is 2. The first-order chi connectivity index (χ1) is 52.0. The fourth-order valence-electron chi connectivity index (χ4n) is 13.7. The molecule has 2 aromatic heterocycles. The number of carbonyl (C=O) groups excluding carboxylic acids is 6. The molecule has 602 valence electrons. The SMILES string of the molecule is CC[C@H](C)Nc1cc(F)c(C(=O)N[C@@H](Cc2ccc(-c3c(C)n(C)c(=O)n(C)c3=O)c3c2COC3)C(=O)O)c(F)c1.CC[C@H](C)Nc1cc(F)c(C(=O)N[C@@H](Cc2ccc(-c3c(C)n(C)c(=O)n(C)c3=O)c3c2COC3)C(=O)OC)c(F)c1.COC(=O)[C@@H](N)Cc1ccc(C2=C(C)C(C)C(=O)N(C)C2=O)c2c1COC2.O.[Li+].[OH-]. The third-order valence-electron chi connectivity index (χ3n) is 20.8. The molecule has 4 aliphatic rings. The number of carboxylic acids is 1. The van der Waals surface area contributed by atoms with Crippen LogP contribution in [0.25, 0.3) is 27.8 Å². The number of nitrogens with zero attached hydrogens (tertiary/aromatic N) is 5. The normalized spacial score (nSPS) is 15.2. The van der Waals surface area contributed by atoms with E-state index in [1.165, 1.54) is 42.3 Å². The molecule has 11 rings (SSSR count). The van der Waals surface area contributed by atoms with E-state index in [9.17, 15) is 75.4 Å². The first-order valence-corrected chi connectivity index (χ1v) is 35.5. The number of nitrogens with two attached hydrogens (primary N) is 1. The van der Waals surface area contributed by atoms with Gasteiger partial charge >= 0.3 is 48.1 Å². The number of aromatic nitrogens is 4. The predicted octanol–water partition coefficient (Wildman–Crippen LogP) is 3.27. The Balaban J connectivity index is 0.000000267. The molecular formula is C79H93F4LiN10O19. The number of esters is 2. The molecule has 4 amide bonds. The minimum atomic E-state index is -1.51. The predicted molar refractivity (Wildman–Crippen MR) is 404 cm³/mol. The molecule has 0 aliphatic carbocycles. The van der Waals surface area contributed by atoms with Crippen molar-refractivity contribution >= 4 is 58.5 Å². The summed E-state index contributed by atoms with van der Waals surface area (Å²) in [5, 5.41) is 20.4. The molecule has 0 fully saturated rings. The van der Waals surface area contributed by atoms with Crippen LogP contribution < -0.4 is 68.4 Å². The molecule has 0 bridgehead atoms. The van der Waals surface area contributed by atoms with Crippen LogP contribution in [0.1, 0.15) is 142 Å². The van der Waals surface area contributed by atoms with Crippen LogP contribution in [0.2, 0.25) is 0 Å². The summed E-state index contributed by atoms with van der Waals surface area (Å²) in [6.07, 6.45) is 1.51. The molecule has 4 aliphatic heterocycles. The molecule has 6 heterocycles. The molecule has 7 aromatic rings. The number of fused-ring (bicyclic) bond motifs is 3. The summed E-state index contributed by atoms with van der Waals surface area (Å²) in [4.78, 5) is 139. The fourth-order valence-corrected chi connectivity index (χ4v) is 13.7. The summed E-state index contributed by atoms with van der Waals surface area (Å²) in [5.74, 6) is -10.2. The zero-order chi connectivity index (χ0) is 80.9. The second-order valence-electron chi connectivity index (χ2n) is 27.7. The Morgan fingerprint density at radius 2 is 0.894 bits per heavy atom. The molecule has 29 nitrogen and oxygen atoms in total. The maximum absolute atomic E-state index is 14.9. The van der Waals surface area contributed by atoms with Crippen LogP contribution in [-0.4, -0.2) is 132 Å². The standard InChI is InChI=1S/C30H34F2N4O6.C29H32F2N4O6.C20H24N2O5.Li.2H2O/c1-7-15(2)33-18-11-22(31)26(23(32)12-18)27(37)34-24(29(39)41-6)10-17-8-9-19(21-14-42-13-20(17)21)25-16(3)35(4)30(40)36(5)28(25)38;1-6-14(2)32-17-10-21(30)25(22(31)11-17)26(36)33-23(28(38)39)9-16-7-8-18(20-13-41-12-19(16)20)24-15(3)34(4)29(40)35(5)27(24)37;1-10-11(2)18(23)22(3)19(24)17(10)13-6-5-12(7-16(21)20(25)26-4)14-8-27-9-15(13)14;;;/h8-9,11-12,15,24,33H,7,10,13-14H2,1-6H3,(H,34,37);7-8,10-11,14,23,32H,6,9,12-13H2,1-5H3,(H,33,36)(H,38,39);5-6,11,16H,7-9,21H2,1-4H3;;2*1H2/q;;;+1;;/p-1/t15-,24-;14-,23-;11?,16-;;;/m000.../s1. The molecule has 6 atom stereocenters. The number of nitrogens with one attached hydrogen (secondary N) is 4. The summed E-state index contributed by atoms with van der Waals surface area (Å²) in [6, 6.07) is 10.8. The molecule has 0 saturated carbocycles. The Hall–Kier alpha value is -10.6. The van der Waals surface area contributed by atoms with Crippen molar-refractivity contribution in [2.75, 3.05) is 31.9 Å². The smallest absolute Gasteiger partial charge is 0.870 e. The van der Waals surface area contributed by atoms with Gasteiger partial charge in [0.15, 0.2) is 0 Å². The number of imide groups is 1. The van der Waals surface area contributed by atoms with Gasteiger partial charge in [-0.25, -0.2) is 36.7 Å². The van der Waals surface area contributed by atoms with Gasteiger partial charge < -0.3 is 75.9 Å². The number of likely N-dealkylation sites (N-methyl/N-ethyl adjacent to an activating group) is 1. The van der Waals surface area contributed by atoms with Gasteiger partial charge in [-0.05, 0) is 157 Å². The molecule has 0 saturated heterocycles. The number of amides is 4. The molecule has 5 aromatic carbocycles. The number of methoxy groups -OCH3 is 2. The summed E-state index contributed by atoms with van der Waals surface area (Å²) >= 11 is 0. The second kappa shape index (κ2) is 38.3. The van der Waals surface area contributed by atoms with Crippen molar-refractivity contribution in [2.45, 2.75) is 157 Å². The quantitative estimate of drug-likeness (QED) is 0.0245. The zero-order valence-electron chi connectivity index (χ0n) is 65.8. The number of hydrogen-bond acceptors (Lipinski definition) is 20. The first-order valence-electron chi connectivity index (χ1n) is 35.5. The van der Waals surface area contributed by atoms with E-state index in [1.54, 1.807) is 59.1 Å². The molecule has 113 heavy (non-hydrogen) atoms. The van der Waals surface area contributed by atoms with E-state index in [-0.39, 0.29) is 110 Å². The Labute approximate surface area is 659 Å². The number of rotatable bonds is 22. The fraction of sp³-hybridized carbons (Fsp3) is 0.405. The van der Waals surface area contributed by atoms with Crippen LogP contribution in [0.3, 0.4) is 0 Å². The van der Waals surface area contributed by atoms with E-state index >= 15 is 0 Å². The van der Waals surface area contributed by atoms with Crippen LogP contribution >= 0.6 is 0 Å². The van der Waals surface area contributed by atoms with E-state index in [1.807, 2.05) is 46.8 Å². The number of aliphatic carboxylic acids is 1. The minimum Gasteiger partial charge on any atom is -0.870 e. The molecule has 1 unspecified atom stereocenters. The van der Waals surface area contributed by atoms with Crippen LogP contribution in [0.15, 0.2) is 85.4 Å². The van der Waals surface area contributed by atoms with Gasteiger partial charge in [0.2, 0.25) is 5.91 Å². The monoisotopic (exact) mass is 1570 g/mol. The van der Waals surface area contributed by atoms with E-state index in [2.05, 4.69) is 21.3 Å². The second-order valence-corrected chi connectivity index (χ2v) is 27.7. The topological polar surface area (TPSA) is 413 Å². The molecule has 10 N–H and O–H groups in total. The van der Waals surface area contributed by atoms with Gasteiger partial charge in [-0.15, -0.1) is 0 Å². The zero-order valence-corrected chi connectivity index (χ0v) is 65.8. The molecule has 34 heteroatoms. The van der Waals surface area contributed by atoms with Crippen molar-refractivity contribution in [1.82, 2.24) is 33.8 Å². The van der Waals surface area contributed by atoms with Gasteiger partial charge in [-0.2, -0.15) is 0 Å². The van der Waals surface area contributed by atoms with Crippen LogP contribution in [0.5, 0.6) is 0 Å². The van der Waals surface area contributed by atoms with Gasteiger partial charge in [0.25, 0.3) is 28.8 Å². The maximum Gasteiger partial charge on any atom is 1.00 e. The van der Waals surface area contributed by atoms with Gasteiger partial charge in [-0.1, -0.05) is 50.2 Å². The Morgan fingerprint density at radius 1 is 0.549 bits per heavy atom. The maximum atomic E-state index is 14.9. The minimum absolute atomic E-state index is 0. The van der Waals surface area contributed by atoms with Crippen molar-refractivity contribution in [1.29, 1.82) is 0 Å². The average molecular weight is 1570 g/mol. The molecular weight excluding hydrogens is 1480 g/mol. The summed E-state index contributed by atoms with van der Waals surface area (Å²) in [5.41, 5.74) is 14.3. The van der Waals surface area contributed by atoms with Crippen LogP contribution in [-0.2, 0) is 135 Å². The Kier molecular flexibility index (Phi) is 30.9. The number of halogens is 4. The van der Waals surface area contributed by atoms with Crippen LogP contribution in [0.4, 0.5) is 28.9 Å². The van der Waals surface area contributed by atoms with E-state index < -0.39 is 105 Å². The van der Waals surface area contributed by atoms with Crippen LogP contribution in [0, 0.1) is 43.0 Å². The number of ether oxygens (including phenoxy) is 5. The van der Waals surface area contributed by atoms with E-state index in [0.29, 0.717) is 98.7 Å². The van der Waals surface area contributed by atoms with Crippen molar-refractivity contribution in [2.24, 2.45) is 39.8 Å².